The van der Waals surface area contributed by atoms with E-state index in [1.165, 1.54) is 0 Å². The van der Waals surface area contributed by atoms with Crippen LogP contribution in [0.25, 0.3) is 10.8 Å². The minimum atomic E-state index is -0.0418. The fraction of sp³-hybridized carbons (Fsp3) is 0.188. The predicted molar refractivity (Wildman–Crippen MR) is 76.1 cm³/mol. The van der Waals surface area contributed by atoms with Gasteiger partial charge in [-0.25, -0.2) is 0 Å². The van der Waals surface area contributed by atoms with E-state index in [0.29, 0.717) is 0 Å². The van der Waals surface area contributed by atoms with Crippen molar-refractivity contribution >= 4 is 22.4 Å². The molecule has 0 saturated heterocycles. The van der Waals surface area contributed by atoms with E-state index in [1.54, 1.807) is 6.42 Å². The monoisotopic (exact) mass is 239 g/mol. The molecule has 0 aromatic heterocycles. The van der Waals surface area contributed by atoms with Gasteiger partial charge in [0.2, 0.25) is 5.91 Å². The number of unbranched alkanes of at least 4 members (excludes halogenated alkanes) is 2. The molecule has 2 heteroatoms. The molecule has 0 unspecified atom stereocenters. The Morgan fingerprint density at radius 3 is 2.78 bits per heavy atom. The first-order valence-corrected chi connectivity index (χ1v) is 6.22. The molecule has 0 aliphatic carbocycles. The summed E-state index contributed by atoms with van der Waals surface area (Å²) >= 11 is 0. The highest BCUT2D eigenvalue weighted by atomic mass is 16.1. The molecule has 2 radical (unpaired) electrons. The van der Waals surface area contributed by atoms with Crippen LogP contribution < -0.4 is 5.32 Å². The Bertz CT molecular complexity index is 528. The van der Waals surface area contributed by atoms with Gasteiger partial charge in [-0.3, -0.25) is 4.79 Å². The van der Waals surface area contributed by atoms with E-state index in [1.807, 2.05) is 42.5 Å². The van der Waals surface area contributed by atoms with Crippen LogP contribution in [0, 0.1) is 13.3 Å². The summed E-state index contributed by atoms with van der Waals surface area (Å²) in [5.41, 5.74) is 0.865. The standard InChI is InChI=1S/C16H17NO/c1-2-3-4-12-16(18)17-15-11-7-9-13-8-5-6-10-14(13)15/h5-12H,1-4H2,(H,17,18). The normalized spacial score (nSPS) is 10.5. The van der Waals surface area contributed by atoms with Gasteiger partial charge in [0.05, 0.1) is 0 Å². The van der Waals surface area contributed by atoms with Crippen molar-refractivity contribution in [3.8, 4) is 0 Å². The van der Waals surface area contributed by atoms with Crippen LogP contribution in [0.1, 0.15) is 19.3 Å². The van der Waals surface area contributed by atoms with Gasteiger partial charge in [-0.2, -0.15) is 0 Å². The number of carbonyl (C=O) groups is 1. The Labute approximate surface area is 108 Å². The number of hydrogen-bond acceptors (Lipinski definition) is 1. The van der Waals surface area contributed by atoms with Crippen molar-refractivity contribution in [2.45, 2.75) is 19.3 Å². The maximum absolute atomic E-state index is 11.7. The summed E-state index contributed by atoms with van der Waals surface area (Å²) in [6, 6.07) is 13.9. The molecule has 2 rings (SSSR count). The molecule has 0 heterocycles. The lowest BCUT2D eigenvalue weighted by molar-refractivity contribution is -0.113. The molecule has 18 heavy (non-hydrogen) atoms. The van der Waals surface area contributed by atoms with Crippen LogP contribution >= 0.6 is 0 Å². The van der Waals surface area contributed by atoms with Crippen molar-refractivity contribution in [1.29, 1.82) is 0 Å². The number of anilines is 1. The van der Waals surface area contributed by atoms with Crippen LogP contribution in [-0.4, -0.2) is 5.91 Å². The van der Waals surface area contributed by atoms with Crippen LogP contribution in [0.5, 0.6) is 0 Å². The van der Waals surface area contributed by atoms with Crippen LogP contribution in [0.15, 0.2) is 42.5 Å². The molecule has 2 aromatic rings. The van der Waals surface area contributed by atoms with Gasteiger partial charge in [-0.05, 0) is 17.9 Å². The maximum Gasteiger partial charge on any atom is 0.228 e. The van der Waals surface area contributed by atoms with Gasteiger partial charge in [0.1, 0.15) is 0 Å². The summed E-state index contributed by atoms with van der Waals surface area (Å²) in [4.78, 5) is 11.7. The van der Waals surface area contributed by atoms with Gasteiger partial charge >= 0.3 is 0 Å². The fourth-order valence-electron chi connectivity index (χ4n) is 1.90. The lowest BCUT2D eigenvalue weighted by Gasteiger charge is -2.08. The molecule has 1 amide bonds. The van der Waals surface area contributed by atoms with Gasteiger partial charge in [0, 0.05) is 17.5 Å². The first-order valence-electron chi connectivity index (χ1n) is 6.22. The fourth-order valence-corrected chi connectivity index (χ4v) is 1.90. The molecule has 0 spiro atoms. The third-order valence-corrected chi connectivity index (χ3v) is 2.83. The van der Waals surface area contributed by atoms with Gasteiger partial charge in [0.25, 0.3) is 0 Å². The van der Waals surface area contributed by atoms with Crippen molar-refractivity contribution in [2.24, 2.45) is 0 Å². The third kappa shape index (κ3) is 3.10. The van der Waals surface area contributed by atoms with Gasteiger partial charge in [0.15, 0.2) is 0 Å². The smallest absolute Gasteiger partial charge is 0.228 e. The molecule has 92 valence electrons. The Kier molecular flexibility index (Phi) is 4.35. The third-order valence-electron chi connectivity index (χ3n) is 2.83. The summed E-state index contributed by atoms with van der Waals surface area (Å²) < 4.78 is 0. The second-order valence-electron chi connectivity index (χ2n) is 4.22. The Hall–Kier alpha value is -1.83. The quantitative estimate of drug-likeness (QED) is 0.785. The van der Waals surface area contributed by atoms with E-state index in [0.717, 1.165) is 35.7 Å². The van der Waals surface area contributed by atoms with Crippen molar-refractivity contribution in [3.63, 3.8) is 0 Å². The molecule has 0 bridgehead atoms. The minimum absolute atomic E-state index is 0.0418. The van der Waals surface area contributed by atoms with Crippen LogP contribution in [0.4, 0.5) is 5.69 Å². The SMILES string of the molecule is [CH2]CCC[CH]C(=O)Nc1cccc2ccccc12. The van der Waals surface area contributed by atoms with Crippen LogP contribution in [0.3, 0.4) is 0 Å². The zero-order chi connectivity index (χ0) is 12.8. The van der Waals surface area contributed by atoms with Crippen LogP contribution in [-0.2, 0) is 4.79 Å². The summed E-state index contributed by atoms with van der Waals surface area (Å²) in [6.07, 6.45) is 4.27. The maximum atomic E-state index is 11.7. The highest BCUT2D eigenvalue weighted by molar-refractivity contribution is 6.04. The number of benzene rings is 2. The molecule has 2 nitrogen and oxygen atoms in total. The lowest BCUT2D eigenvalue weighted by atomic mass is 10.1. The Morgan fingerprint density at radius 2 is 1.94 bits per heavy atom. The van der Waals surface area contributed by atoms with E-state index >= 15 is 0 Å². The molecule has 2 aromatic carbocycles. The highest BCUT2D eigenvalue weighted by Crippen LogP contribution is 2.23. The molecule has 0 aliphatic rings. The zero-order valence-corrected chi connectivity index (χ0v) is 10.4. The number of fused-ring (bicyclic) bond motifs is 1. The van der Waals surface area contributed by atoms with E-state index in [4.69, 9.17) is 0 Å². The Morgan fingerprint density at radius 1 is 1.17 bits per heavy atom. The van der Waals surface area contributed by atoms with Crippen molar-refractivity contribution in [2.75, 3.05) is 5.32 Å². The molecule has 0 aliphatic heterocycles. The number of carbonyl (C=O) groups excluding carboxylic acids is 1. The van der Waals surface area contributed by atoms with Crippen molar-refractivity contribution in [3.05, 3.63) is 55.8 Å². The highest BCUT2D eigenvalue weighted by Gasteiger charge is 2.05. The first-order chi connectivity index (χ1) is 8.81. The second-order valence-corrected chi connectivity index (χ2v) is 4.22. The molecular weight excluding hydrogens is 222 g/mol. The topological polar surface area (TPSA) is 29.1 Å². The Balaban J connectivity index is 2.09. The van der Waals surface area contributed by atoms with Gasteiger partial charge in [-0.1, -0.05) is 56.2 Å². The number of rotatable bonds is 5. The summed E-state index contributed by atoms with van der Waals surface area (Å²) in [7, 11) is 0. The van der Waals surface area contributed by atoms with Gasteiger partial charge in [-0.15, -0.1) is 0 Å². The average Bonchev–Trinajstić information content (AvgIpc) is 2.39. The lowest BCUT2D eigenvalue weighted by Crippen LogP contribution is -2.12. The van der Waals surface area contributed by atoms with Crippen molar-refractivity contribution < 1.29 is 4.79 Å². The average molecular weight is 239 g/mol. The van der Waals surface area contributed by atoms with Crippen molar-refractivity contribution in [1.82, 2.24) is 0 Å². The summed E-state index contributed by atoms with van der Waals surface area (Å²) in [6.45, 7) is 3.76. The van der Waals surface area contributed by atoms with E-state index in [9.17, 15) is 4.79 Å². The number of nitrogens with one attached hydrogen (secondary N) is 1. The molecule has 0 atom stereocenters. The molecular formula is C16H17NO. The zero-order valence-electron chi connectivity index (χ0n) is 10.4. The van der Waals surface area contributed by atoms with Gasteiger partial charge < -0.3 is 5.32 Å². The van der Waals surface area contributed by atoms with E-state index in [2.05, 4.69) is 12.2 Å². The van der Waals surface area contributed by atoms with E-state index in [-0.39, 0.29) is 5.91 Å². The molecule has 0 fully saturated rings. The summed E-state index contributed by atoms with van der Waals surface area (Å²) in [5, 5.41) is 5.13. The number of hydrogen-bond donors (Lipinski definition) is 1. The first kappa shape index (κ1) is 12.6. The van der Waals surface area contributed by atoms with Crippen LogP contribution in [0.2, 0.25) is 0 Å². The second kappa shape index (κ2) is 6.20. The molecule has 1 N–H and O–H groups in total. The predicted octanol–water partition coefficient (Wildman–Crippen LogP) is 3.99. The molecule has 0 saturated carbocycles. The minimum Gasteiger partial charge on any atom is -0.325 e. The largest absolute Gasteiger partial charge is 0.325 e. The number of amides is 1. The summed E-state index contributed by atoms with van der Waals surface area (Å²) in [5.74, 6) is -0.0418. The van der Waals surface area contributed by atoms with E-state index < -0.39 is 0 Å².